The Balaban J connectivity index is 1.61. The number of rotatable bonds is 4. The fourth-order valence-electron chi connectivity index (χ4n) is 4.64. The van der Waals surface area contributed by atoms with Crippen LogP contribution < -0.4 is 10.6 Å². The van der Waals surface area contributed by atoms with Crippen molar-refractivity contribution in [2.45, 2.75) is 25.3 Å². The van der Waals surface area contributed by atoms with Gasteiger partial charge in [-0.3, -0.25) is 0 Å². The Bertz CT molecular complexity index is 1150. The van der Waals surface area contributed by atoms with E-state index in [2.05, 4.69) is 34.9 Å². The number of anilines is 1. The summed E-state index contributed by atoms with van der Waals surface area (Å²) in [6.45, 7) is 2.03. The topological polar surface area (TPSA) is 44.3 Å². The van der Waals surface area contributed by atoms with Crippen LogP contribution in [0.5, 0.6) is 5.75 Å². The summed E-state index contributed by atoms with van der Waals surface area (Å²) in [6.07, 6.45) is 2.76. The Morgan fingerprint density at radius 1 is 0.968 bits per heavy atom. The molecule has 3 aromatic rings. The molecule has 3 aromatic carbocycles. The zero-order valence-electron chi connectivity index (χ0n) is 17.1. The summed E-state index contributed by atoms with van der Waals surface area (Å²) in [5.74, 6) is -0.115. The molecule has 0 amide bonds. The lowest BCUT2D eigenvalue weighted by atomic mass is 9.79. The van der Waals surface area contributed by atoms with Crippen molar-refractivity contribution in [3.63, 3.8) is 0 Å². The summed E-state index contributed by atoms with van der Waals surface area (Å²) in [6, 6.07) is 19.0. The van der Waals surface area contributed by atoms with E-state index < -0.39 is 0 Å². The van der Waals surface area contributed by atoms with E-state index in [1.54, 1.807) is 12.1 Å². The van der Waals surface area contributed by atoms with Gasteiger partial charge in [-0.2, -0.15) is 0 Å². The Morgan fingerprint density at radius 2 is 1.81 bits per heavy atom. The van der Waals surface area contributed by atoms with Crippen molar-refractivity contribution < 1.29 is 9.50 Å². The molecule has 1 atom stereocenters. The van der Waals surface area contributed by atoms with E-state index >= 15 is 0 Å². The molecule has 1 fully saturated rings. The number of phenolic OH excluding ortho intramolecular Hbond substituents is 1. The first-order chi connectivity index (χ1) is 15.1. The monoisotopic (exact) mass is 434 g/mol. The summed E-state index contributed by atoms with van der Waals surface area (Å²) in [5.41, 5.74) is 7.29. The predicted molar refractivity (Wildman–Crippen MR) is 125 cm³/mol. The van der Waals surface area contributed by atoms with Gasteiger partial charge in [0, 0.05) is 18.3 Å². The number of aromatic hydroxyl groups is 1. The summed E-state index contributed by atoms with van der Waals surface area (Å²) >= 11 is 6.45. The van der Waals surface area contributed by atoms with Crippen LogP contribution in [-0.4, -0.2) is 24.2 Å². The third-order valence-corrected chi connectivity index (χ3v) is 6.48. The van der Waals surface area contributed by atoms with E-state index in [1.165, 1.54) is 17.7 Å². The minimum absolute atomic E-state index is 0.231. The quantitative estimate of drug-likeness (QED) is 0.481. The SMILES string of the molecule is Oc1ccc2c(c1)C(c1ccc(N[C@H]3CCNC3)cc1)=C(c1ccc(F)cc1Cl)CC2. The summed E-state index contributed by atoms with van der Waals surface area (Å²) < 4.78 is 13.7. The molecule has 0 bridgehead atoms. The number of benzene rings is 3. The highest BCUT2D eigenvalue weighted by Gasteiger charge is 2.23. The zero-order chi connectivity index (χ0) is 21.4. The molecule has 1 heterocycles. The van der Waals surface area contributed by atoms with Gasteiger partial charge >= 0.3 is 0 Å². The molecular weight excluding hydrogens is 411 g/mol. The Morgan fingerprint density at radius 3 is 2.55 bits per heavy atom. The van der Waals surface area contributed by atoms with Crippen LogP contribution in [0.15, 0.2) is 60.7 Å². The number of aryl methyl sites for hydroxylation is 1. The highest BCUT2D eigenvalue weighted by Crippen LogP contribution is 2.43. The highest BCUT2D eigenvalue weighted by molar-refractivity contribution is 6.32. The van der Waals surface area contributed by atoms with E-state index in [1.807, 2.05) is 12.1 Å². The number of halogens is 2. The van der Waals surface area contributed by atoms with Crippen molar-refractivity contribution in [1.82, 2.24) is 5.32 Å². The first-order valence-corrected chi connectivity index (χ1v) is 11.0. The molecular formula is C26H24ClFN2O. The molecule has 5 heteroatoms. The standard InChI is InChI=1S/C26H24ClFN2O/c27-25-13-18(28)5-10-22(25)23-9-4-16-3-8-21(31)14-24(16)26(23)17-1-6-19(7-2-17)30-20-11-12-29-15-20/h1-3,5-8,10,13-14,20,29-31H,4,9,11-12,15H2/t20-/m0/s1. The number of phenols is 1. The van der Waals surface area contributed by atoms with Gasteiger partial charge in [-0.1, -0.05) is 35.9 Å². The molecule has 0 unspecified atom stereocenters. The number of nitrogens with one attached hydrogen (secondary N) is 2. The van der Waals surface area contributed by atoms with Crippen LogP contribution in [0.3, 0.4) is 0 Å². The van der Waals surface area contributed by atoms with Crippen LogP contribution in [0.25, 0.3) is 11.1 Å². The van der Waals surface area contributed by atoms with Gasteiger partial charge in [0.2, 0.25) is 0 Å². The Labute approximate surface area is 186 Å². The molecule has 158 valence electrons. The number of allylic oxidation sites excluding steroid dienone is 1. The van der Waals surface area contributed by atoms with Gasteiger partial charge in [-0.25, -0.2) is 4.39 Å². The molecule has 0 aromatic heterocycles. The Hall–Kier alpha value is -2.82. The average molecular weight is 435 g/mol. The first kappa shape index (κ1) is 20.1. The van der Waals surface area contributed by atoms with Crippen molar-refractivity contribution in [3.05, 3.63) is 93.8 Å². The lowest BCUT2D eigenvalue weighted by Crippen LogP contribution is -2.21. The van der Waals surface area contributed by atoms with E-state index in [0.29, 0.717) is 11.1 Å². The van der Waals surface area contributed by atoms with E-state index in [9.17, 15) is 9.50 Å². The maximum absolute atomic E-state index is 13.7. The molecule has 3 nitrogen and oxygen atoms in total. The van der Waals surface area contributed by atoms with Crippen molar-refractivity contribution in [1.29, 1.82) is 0 Å². The minimum atomic E-state index is -0.346. The van der Waals surface area contributed by atoms with Gasteiger partial charge in [-0.05, 0) is 95.6 Å². The van der Waals surface area contributed by atoms with Gasteiger partial charge < -0.3 is 15.7 Å². The van der Waals surface area contributed by atoms with Gasteiger partial charge in [0.25, 0.3) is 0 Å². The minimum Gasteiger partial charge on any atom is -0.508 e. The second kappa shape index (κ2) is 8.37. The third kappa shape index (κ3) is 4.06. The van der Waals surface area contributed by atoms with Crippen LogP contribution in [0.1, 0.15) is 35.1 Å². The second-order valence-electron chi connectivity index (χ2n) is 8.23. The van der Waals surface area contributed by atoms with Crippen LogP contribution in [-0.2, 0) is 6.42 Å². The molecule has 3 N–H and O–H groups in total. The molecule has 0 saturated carbocycles. The van der Waals surface area contributed by atoms with Crippen LogP contribution in [0, 0.1) is 5.82 Å². The molecule has 0 radical (unpaired) electrons. The molecule has 1 saturated heterocycles. The fourth-order valence-corrected chi connectivity index (χ4v) is 4.92. The number of fused-ring (bicyclic) bond motifs is 1. The van der Waals surface area contributed by atoms with E-state index in [4.69, 9.17) is 11.6 Å². The van der Waals surface area contributed by atoms with Gasteiger partial charge in [-0.15, -0.1) is 0 Å². The first-order valence-electron chi connectivity index (χ1n) is 10.7. The highest BCUT2D eigenvalue weighted by atomic mass is 35.5. The lowest BCUT2D eigenvalue weighted by Gasteiger charge is -2.25. The van der Waals surface area contributed by atoms with Crippen molar-refractivity contribution in [3.8, 4) is 5.75 Å². The largest absolute Gasteiger partial charge is 0.508 e. The average Bonchev–Trinajstić information content (AvgIpc) is 3.27. The third-order valence-electron chi connectivity index (χ3n) is 6.17. The normalized spacial score (nSPS) is 18.2. The van der Waals surface area contributed by atoms with Crippen LogP contribution in [0.4, 0.5) is 10.1 Å². The molecule has 1 aliphatic carbocycles. The predicted octanol–water partition coefficient (Wildman–Crippen LogP) is 5.86. The smallest absolute Gasteiger partial charge is 0.124 e. The molecule has 31 heavy (non-hydrogen) atoms. The van der Waals surface area contributed by atoms with Crippen molar-refractivity contribution in [2.75, 3.05) is 18.4 Å². The summed E-state index contributed by atoms with van der Waals surface area (Å²) in [7, 11) is 0. The van der Waals surface area contributed by atoms with Gasteiger partial charge in [0.15, 0.2) is 0 Å². The van der Waals surface area contributed by atoms with Gasteiger partial charge in [0.05, 0.1) is 5.02 Å². The maximum Gasteiger partial charge on any atom is 0.124 e. The van der Waals surface area contributed by atoms with Crippen LogP contribution >= 0.6 is 11.6 Å². The summed E-state index contributed by atoms with van der Waals surface area (Å²) in [4.78, 5) is 0. The van der Waals surface area contributed by atoms with Crippen molar-refractivity contribution >= 4 is 28.4 Å². The Kier molecular flexibility index (Phi) is 5.43. The number of hydrogen-bond acceptors (Lipinski definition) is 3. The van der Waals surface area contributed by atoms with E-state index in [0.717, 1.165) is 65.9 Å². The number of hydrogen-bond donors (Lipinski definition) is 3. The second-order valence-corrected chi connectivity index (χ2v) is 8.64. The molecule has 1 aliphatic heterocycles. The molecule has 0 spiro atoms. The lowest BCUT2D eigenvalue weighted by molar-refractivity contribution is 0.475. The fraction of sp³-hybridized carbons (Fsp3) is 0.231. The molecule has 5 rings (SSSR count). The van der Waals surface area contributed by atoms with E-state index in [-0.39, 0.29) is 11.6 Å². The summed E-state index contributed by atoms with van der Waals surface area (Å²) in [5, 5.41) is 17.5. The maximum atomic E-state index is 13.7. The van der Waals surface area contributed by atoms with Crippen LogP contribution in [0.2, 0.25) is 5.02 Å². The molecule has 2 aliphatic rings. The zero-order valence-corrected chi connectivity index (χ0v) is 17.8. The van der Waals surface area contributed by atoms with Gasteiger partial charge in [0.1, 0.15) is 11.6 Å². The van der Waals surface area contributed by atoms with Crippen molar-refractivity contribution in [2.24, 2.45) is 0 Å².